The summed E-state index contributed by atoms with van der Waals surface area (Å²) in [5.41, 5.74) is 2.98. The number of aromatic nitrogens is 3. The normalized spacial score (nSPS) is 16.2. The average Bonchev–Trinajstić information content (AvgIpc) is 3.24. The number of furan rings is 1. The van der Waals surface area contributed by atoms with Crippen LogP contribution in [0, 0.1) is 6.92 Å². The first-order valence-electron chi connectivity index (χ1n) is 8.04. The number of para-hydroxylation sites is 1. The third kappa shape index (κ3) is 2.82. The molecule has 0 aliphatic carbocycles. The summed E-state index contributed by atoms with van der Waals surface area (Å²) in [6, 6.07) is 10.7. The van der Waals surface area contributed by atoms with E-state index < -0.39 is 6.04 Å². The molecule has 1 atom stereocenters. The lowest BCUT2D eigenvalue weighted by atomic mass is 10.00. The Labute approximate surface area is 158 Å². The number of anilines is 2. The standard InChI is InChI=1S/C18H16BrN5O2/c1-10-5-3-4-6-12(10)23-17(25)15-11(2)22-18-20-9-21-24(18)16(15)13-7-8-14(19)26-13/h3-9,16H,1-2H3,(H,23,25)(H,20,21,22). The van der Waals surface area contributed by atoms with Crippen molar-refractivity contribution in [2.45, 2.75) is 19.9 Å². The van der Waals surface area contributed by atoms with E-state index in [-0.39, 0.29) is 5.91 Å². The third-order valence-electron chi connectivity index (χ3n) is 4.30. The number of carbonyl (C=O) groups is 1. The summed E-state index contributed by atoms with van der Waals surface area (Å²) in [7, 11) is 0. The minimum absolute atomic E-state index is 0.219. The van der Waals surface area contributed by atoms with E-state index in [0.717, 1.165) is 11.3 Å². The monoisotopic (exact) mass is 413 g/mol. The third-order valence-corrected chi connectivity index (χ3v) is 4.72. The summed E-state index contributed by atoms with van der Waals surface area (Å²) >= 11 is 3.32. The van der Waals surface area contributed by atoms with Gasteiger partial charge in [0.2, 0.25) is 5.95 Å². The fraction of sp³-hybridized carbons (Fsp3) is 0.167. The molecule has 4 rings (SSSR count). The van der Waals surface area contributed by atoms with Crippen LogP contribution in [0.25, 0.3) is 0 Å². The summed E-state index contributed by atoms with van der Waals surface area (Å²) in [6.45, 7) is 3.79. The number of halogens is 1. The lowest BCUT2D eigenvalue weighted by Gasteiger charge is -2.27. The summed E-state index contributed by atoms with van der Waals surface area (Å²) in [5, 5.41) is 10.4. The highest BCUT2D eigenvalue weighted by molar-refractivity contribution is 9.10. The summed E-state index contributed by atoms with van der Waals surface area (Å²) < 4.78 is 7.97. The molecular weight excluding hydrogens is 398 g/mol. The molecule has 0 fully saturated rings. The summed E-state index contributed by atoms with van der Waals surface area (Å²) in [4.78, 5) is 17.3. The van der Waals surface area contributed by atoms with Crippen LogP contribution >= 0.6 is 15.9 Å². The Morgan fingerprint density at radius 3 is 2.81 bits per heavy atom. The molecule has 0 saturated heterocycles. The fourth-order valence-electron chi connectivity index (χ4n) is 3.03. The molecule has 0 radical (unpaired) electrons. The van der Waals surface area contributed by atoms with Crippen molar-refractivity contribution in [1.29, 1.82) is 0 Å². The number of rotatable bonds is 3. The van der Waals surface area contributed by atoms with Crippen molar-refractivity contribution in [3.63, 3.8) is 0 Å². The molecule has 0 bridgehead atoms. The van der Waals surface area contributed by atoms with Gasteiger partial charge in [-0.1, -0.05) is 18.2 Å². The van der Waals surface area contributed by atoms with Crippen LogP contribution in [0.5, 0.6) is 0 Å². The summed E-state index contributed by atoms with van der Waals surface area (Å²) in [6.07, 6.45) is 1.45. The predicted molar refractivity (Wildman–Crippen MR) is 101 cm³/mol. The van der Waals surface area contributed by atoms with E-state index in [1.165, 1.54) is 6.33 Å². The predicted octanol–water partition coefficient (Wildman–Crippen LogP) is 3.87. The van der Waals surface area contributed by atoms with Gasteiger partial charge in [-0.15, -0.1) is 0 Å². The first-order valence-corrected chi connectivity index (χ1v) is 8.83. The Hall–Kier alpha value is -2.87. The van der Waals surface area contributed by atoms with Crippen molar-refractivity contribution in [2.24, 2.45) is 0 Å². The molecule has 2 aromatic heterocycles. The molecule has 1 aliphatic heterocycles. The van der Waals surface area contributed by atoms with Crippen LogP contribution in [0.15, 0.2) is 63.1 Å². The van der Waals surface area contributed by atoms with Crippen LogP contribution in [0.2, 0.25) is 0 Å². The number of nitrogens with one attached hydrogen (secondary N) is 2. The van der Waals surface area contributed by atoms with E-state index in [9.17, 15) is 4.79 Å². The number of benzene rings is 1. The zero-order valence-electron chi connectivity index (χ0n) is 14.2. The first kappa shape index (κ1) is 16.6. The fourth-order valence-corrected chi connectivity index (χ4v) is 3.35. The van der Waals surface area contributed by atoms with E-state index in [0.29, 0.717) is 27.6 Å². The molecule has 1 aromatic carbocycles. The van der Waals surface area contributed by atoms with Gasteiger partial charge < -0.3 is 15.1 Å². The van der Waals surface area contributed by atoms with Crippen LogP contribution in [0.1, 0.15) is 24.3 Å². The molecule has 26 heavy (non-hydrogen) atoms. The van der Waals surface area contributed by atoms with Crippen molar-refractivity contribution in [3.05, 3.63) is 70.0 Å². The molecule has 0 spiro atoms. The quantitative estimate of drug-likeness (QED) is 0.680. The number of carbonyl (C=O) groups excluding carboxylic acids is 1. The van der Waals surface area contributed by atoms with Crippen molar-refractivity contribution < 1.29 is 9.21 Å². The van der Waals surface area contributed by atoms with Crippen LogP contribution < -0.4 is 10.6 Å². The van der Waals surface area contributed by atoms with E-state index in [2.05, 4.69) is 36.6 Å². The first-order chi connectivity index (χ1) is 12.5. The number of hydrogen-bond donors (Lipinski definition) is 2. The van der Waals surface area contributed by atoms with E-state index in [1.807, 2.05) is 44.2 Å². The Morgan fingerprint density at radius 1 is 1.27 bits per heavy atom. The molecule has 3 aromatic rings. The number of hydrogen-bond acceptors (Lipinski definition) is 5. The molecule has 7 nitrogen and oxygen atoms in total. The van der Waals surface area contributed by atoms with Crippen LogP contribution in [-0.2, 0) is 4.79 Å². The number of amides is 1. The van der Waals surface area contributed by atoms with Gasteiger partial charge in [-0.05, 0) is 53.5 Å². The average molecular weight is 414 g/mol. The van der Waals surface area contributed by atoms with Crippen LogP contribution in [-0.4, -0.2) is 20.7 Å². The van der Waals surface area contributed by atoms with Gasteiger partial charge in [0.15, 0.2) is 4.67 Å². The Balaban J connectivity index is 1.77. The highest BCUT2D eigenvalue weighted by Gasteiger charge is 2.35. The highest BCUT2D eigenvalue weighted by Crippen LogP contribution is 2.36. The Morgan fingerprint density at radius 2 is 2.08 bits per heavy atom. The maximum absolute atomic E-state index is 13.1. The second kappa shape index (κ2) is 6.45. The van der Waals surface area contributed by atoms with Gasteiger partial charge in [-0.3, -0.25) is 4.79 Å². The van der Waals surface area contributed by atoms with Crippen molar-refractivity contribution in [3.8, 4) is 0 Å². The molecule has 1 amide bonds. The number of aryl methyl sites for hydroxylation is 1. The van der Waals surface area contributed by atoms with Crippen LogP contribution in [0.3, 0.4) is 0 Å². The van der Waals surface area contributed by atoms with Gasteiger partial charge in [0.1, 0.15) is 18.1 Å². The minimum Gasteiger partial charge on any atom is -0.452 e. The SMILES string of the molecule is CC1=C(C(=O)Nc2ccccc2C)C(c2ccc(Br)o2)n2ncnc2N1. The Kier molecular flexibility index (Phi) is 4.12. The van der Waals surface area contributed by atoms with E-state index in [1.54, 1.807) is 10.7 Å². The molecule has 132 valence electrons. The number of nitrogens with zero attached hydrogens (tertiary/aromatic N) is 3. The maximum atomic E-state index is 13.1. The maximum Gasteiger partial charge on any atom is 0.256 e. The van der Waals surface area contributed by atoms with Gasteiger partial charge in [0, 0.05) is 11.4 Å². The second-order valence-corrected chi connectivity index (χ2v) is 6.79. The summed E-state index contributed by atoms with van der Waals surface area (Å²) in [5.74, 6) is 0.940. The van der Waals surface area contributed by atoms with Crippen molar-refractivity contribution in [1.82, 2.24) is 14.8 Å². The minimum atomic E-state index is -0.510. The second-order valence-electron chi connectivity index (χ2n) is 6.01. The number of allylic oxidation sites excluding steroid dienone is 1. The lowest BCUT2D eigenvalue weighted by molar-refractivity contribution is -0.113. The molecular formula is C18H16BrN5O2. The highest BCUT2D eigenvalue weighted by atomic mass is 79.9. The largest absolute Gasteiger partial charge is 0.452 e. The van der Waals surface area contributed by atoms with Crippen molar-refractivity contribution in [2.75, 3.05) is 10.6 Å². The Bertz CT molecular complexity index is 1020. The van der Waals surface area contributed by atoms with Gasteiger partial charge in [0.05, 0.1) is 5.57 Å². The topological polar surface area (TPSA) is 85.0 Å². The lowest BCUT2D eigenvalue weighted by Crippen LogP contribution is -2.31. The van der Waals surface area contributed by atoms with Crippen LogP contribution in [0.4, 0.5) is 11.6 Å². The van der Waals surface area contributed by atoms with Crippen molar-refractivity contribution >= 4 is 33.5 Å². The van der Waals surface area contributed by atoms with Gasteiger partial charge in [0.25, 0.3) is 5.91 Å². The molecule has 0 saturated carbocycles. The molecule has 8 heteroatoms. The molecule has 1 unspecified atom stereocenters. The van der Waals surface area contributed by atoms with Gasteiger partial charge in [-0.2, -0.15) is 10.1 Å². The molecule has 1 aliphatic rings. The smallest absolute Gasteiger partial charge is 0.256 e. The van der Waals surface area contributed by atoms with Gasteiger partial charge in [-0.25, -0.2) is 4.68 Å². The van der Waals surface area contributed by atoms with Gasteiger partial charge >= 0.3 is 0 Å². The zero-order valence-corrected chi connectivity index (χ0v) is 15.7. The van der Waals surface area contributed by atoms with E-state index >= 15 is 0 Å². The number of fused-ring (bicyclic) bond motifs is 1. The zero-order chi connectivity index (χ0) is 18.3. The molecule has 2 N–H and O–H groups in total. The van der Waals surface area contributed by atoms with E-state index in [4.69, 9.17) is 4.42 Å². The molecule has 3 heterocycles.